The van der Waals surface area contributed by atoms with Crippen molar-refractivity contribution in [2.75, 3.05) is 0 Å². The van der Waals surface area contributed by atoms with E-state index in [1.54, 1.807) is 0 Å². The van der Waals surface area contributed by atoms with Crippen LogP contribution in [0.2, 0.25) is 0 Å². The summed E-state index contributed by atoms with van der Waals surface area (Å²) in [4.78, 5) is 0. The molecule has 2 aliphatic carbocycles. The minimum absolute atomic E-state index is 0.483. The van der Waals surface area contributed by atoms with Crippen molar-refractivity contribution in [2.45, 2.75) is 5.41 Å². The van der Waals surface area contributed by atoms with E-state index in [4.69, 9.17) is 0 Å². The molecule has 0 saturated heterocycles. The first-order valence-electron chi connectivity index (χ1n) is 24.4. The maximum absolute atomic E-state index is 2.55. The molecule has 0 aliphatic heterocycles. The molecule has 2 aliphatic rings. The van der Waals surface area contributed by atoms with Crippen LogP contribution in [-0.2, 0) is 5.41 Å². The fraction of sp³-hybridized carbons (Fsp3) is 0.0145. The number of benzene rings is 13. The van der Waals surface area contributed by atoms with Gasteiger partial charge in [0.15, 0.2) is 0 Å². The molecular formula is C69H40S. The fourth-order valence-corrected chi connectivity index (χ4v) is 14.3. The highest BCUT2D eigenvalue weighted by atomic mass is 32.1. The van der Waals surface area contributed by atoms with Crippen LogP contribution in [-0.4, -0.2) is 0 Å². The number of rotatable bonds is 3. The molecule has 13 aromatic carbocycles. The van der Waals surface area contributed by atoms with E-state index in [1.807, 2.05) is 11.3 Å². The first-order valence-corrected chi connectivity index (χ1v) is 25.2. The normalized spacial score (nSPS) is 13.3. The third-order valence-electron chi connectivity index (χ3n) is 16.0. The SMILES string of the molecule is c1cc(-c2ccc3cc4c(cc3c2)C2(c3ccccc3-c3ccccc32)c2c-4c3ccccc3c3ccccc23)cc(-c2c3ccccc3c(-c3ccc4sc5ccccc5c4c3)c3ccccc23)c1. The second kappa shape index (κ2) is 14.2. The van der Waals surface area contributed by atoms with E-state index in [1.165, 1.54) is 152 Å². The van der Waals surface area contributed by atoms with Crippen LogP contribution < -0.4 is 0 Å². The molecule has 0 nitrogen and oxygen atoms in total. The first-order chi connectivity index (χ1) is 34.7. The highest BCUT2D eigenvalue weighted by Crippen LogP contribution is 2.66. The topological polar surface area (TPSA) is 0 Å². The third-order valence-corrected chi connectivity index (χ3v) is 17.1. The Morgan fingerprint density at radius 3 is 1.40 bits per heavy atom. The van der Waals surface area contributed by atoms with Crippen LogP contribution in [0.5, 0.6) is 0 Å². The van der Waals surface area contributed by atoms with Crippen molar-refractivity contribution in [1.82, 2.24) is 0 Å². The Balaban J connectivity index is 0.905. The lowest BCUT2D eigenvalue weighted by Gasteiger charge is -2.32. The molecule has 0 fully saturated rings. The van der Waals surface area contributed by atoms with Gasteiger partial charge in [0.2, 0.25) is 0 Å². The van der Waals surface area contributed by atoms with Gasteiger partial charge in [0, 0.05) is 20.2 Å². The Bertz CT molecular complexity index is 4500. The van der Waals surface area contributed by atoms with E-state index in [-0.39, 0.29) is 0 Å². The van der Waals surface area contributed by atoms with Crippen molar-refractivity contribution in [3.8, 4) is 55.6 Å². The van der Waals surface area contributed by atoms with Gasteiger partial charge in [-0.1, -0.05) is 200 Å². The molecule has 1 heterocycles. The van der Waals surface area contributed by atoms with Gasteiger partial charge < -0.3 is 0 Å². The first kappa shape index (κ1) is 38.4. The standard InChI is InChI=1S/C69H40S/c1-3-23-52-47(18-1)48-19-2-8-28-57(48)68-67(52)59-38-43-33-32-42(37-46(43)40-62(59)69(68)60-29-12-9-20-49(60)50-21-10-13-30-61(50)69)41-16-15-17-44(36-41)65-53-24-4-6-26-55(53)66(56-27-7-5-25-54(56)65)45-34-35-64-58(39-45)51-22-11-14-31-63(51)70-64/h1-40H. The van der Waals surface area contributed by atoms with Crippen molar-refractivity contribution in [1.29, 1.82) is 0 Å². The lowest BCUT2D eigenvalue weighted by atomic mass is 9.69. The minimum Gasteiger partial charge on any atom is -0.135 e. The van der Waals surface area contributed by atoms with Crippen LogP contribution in [0, 0.1) is 0 Å². The largest absolute Gasteiger partial charge is 0.135 e. The number of fused-ring (bicyclic) bond motifs is 21. The predicted octanol–water partition coefficient (Wildman–Crippen LogP) is 19.2. The molecule has 0 amide bonds. The van der Waals surface area contributed by atoms with Crippen molar-refractivity contribution >= 4 is 85.4 Å². The molecule has 1 aromatic heterocycles. The van der Waals surface area contributed by atoms with Gasteiger partial charge in [0.1, 0.15) is 0 Å². The summed E-state index contributed by atoms with van der Waals surface area (Å²) in [5, 5.41) is 15.5. The zero-order valence-corrected chi connectivity index (χ0v) is 38.8. The molecule has 0 bridgehead atoms. The van der Waals surface area contributed by atoms with Crippen molar-refractivity contribution in [2.24, 2.45) is 0 Å². The van der Waals surface area contributed by atoms with E-state index < -0.39 is 5.41 Å². The molecular weight excluding hydrogens is 861 g/mol. The summed E-state index contributed by atoms with van der Waals surface area (Å²) < 4.78 is 2.66. The van der Waals surface area contributed by atoms with E-state index in [0.717, 1.165) is 0 Å². The van der Waals surface area contributed by atoms with Gasteiger partial charge in [-0.15, -0.1) is 11.3 Å². The molecule has 0 atom stereocenters. The van der Waals surface area contributed by atoms with Gasteiger partial charge in [-0.2, -0.15) is 0 Å². The van der Waals surface area contributed by atoms with E-state index in [0.29, 0.717) is 0 Å². The second-order valence-electron chi connectivity index (χ2n) is 19.4. The molecule has 1 spiro atoms. The van der Waals surface area contributed by atoms with Gasteiger partial charge in [-0.05, 0) is 174 Å². The smallest absolute Gasteiger partial charge is 0.0731 e. The summed E-state index contributed by atoms with van der Waals surface area (Å²) >= 11 is 1.87. The zero-order chi connectivity index (χ0) is 45.7. The summed E-state index contributed by atoms with van der Waals surface area (Å²) in [6.07, 6.45) is 0. The molecule has 322 valence electrons. The van der Waals surface area contributed by atoms with Crippen LogP contribution in [0.1, 0.15) is 22.3 Å². The Labute approximate surface area is 409 Å². The highest BCUT2D eigenvalue weighted by Gasteiger charge is 2.53. The van der Waals surface area contributed by atoms with Gasteiger partial charge in [0.05, 0.1) is 5.41 Å². The Morgan fingerprint density at radius 1 is 0.243 bits per heavy atom. The van der Waals surface area contributed by atoms with E-state index >= 15 is 0 Å². The molecule has 0 unspecified atom stereocenters. The second-order valence-corrected chi connectivity index (χ2v) is 20.5. The average molecular weight is 901 g/mol. The average Bonchev–Trinajstić information content (AvgIpc) is 4.06. The lowest BCUT2D eigenvalue weighted by molar-refractivity contribution is 0.803. The molecule has 1 heteroatoms. The van der Waals surface area contributed by atoms with Crippen molar-refractivity contribution in [3.63, 3.8) is 0 Å². The summed E-state index contributed by atoms with van der Waals surface area (Å²) in [6, 6.07) is 91.9. The van der Waals surface area contributed by atoms with Crippen LogP contribution >= 0.6 is 11.3 Å². The number of hydrogen-bond acceptors (Lipinski definition) is 1. The Hall–Kier alpha value is -8.62. The Morgan fingerprint density at radius 2 is 0.729 bits per heavy atom. The molecule has 16 rings (SSSR count). The van der Waals surface area contributed by atoms with Crippen LogP contribution in [0.15, 0.2) is 243 Å². The Kier molecular flexibility index (Phi) is 7.79. The maximum atomic E-state index is 2.55. The van der Waals surface area contributed by atoms with E-state index in [2.05, 4.69) is 243 Å². The van der Waals surface area contributed by atoms with Crippen molar-refractivity contribution < 1.29 is 0 Å². The number of thiophene rings is 1. The quantitative estimate of drug-likeness (QED) is 0.122. The molecule has 70 heavy (non-hydrogen) atoms. The van der Waals surface area contributed by atoms with Crippen LogP contribution in [0.4, 0.5) is 0 Å². The summed E-state index contributed by atoms with van der Waals surface area (Å²) in [5.74, 6) is 0. The van der Waals surface area contributed by atoms with Gasteiger partial charge in [-0.25, -0.2) is 0 Å². The minimum atomic E-state index is -0.483. The van der Waals surface area contributed by atoms with E-state index in [9.17, 15) is 0 Å². The lowest BCUT2D eigenvalue weighted by Crippen LogP contribution is -2.26. The van der Waals surface area contributed by atoms with Gasteiger partial charge in [0.25, 0.3) is 0 Å². The maximum Gasteiger partial charge on any atom is 0.0731 e. The summed E-state index contributed by atoms with van der Waals surface area (Å²) in [5.41, 5.74) is 17.8. The van der Waals surface area contributed by atoms with Gasteiger partial charge >= 0.3 is 0 Å². The molecule has 0 saturated carbocycles. The van der Waals surface area contributed by atoms with Crippen molar-refractivity contribution in [3.05, 3.63) is 265 Å². The van der Waals surface area contributed by atoms with Crippen LogP contribution in [0.3, 0.4) is 0 Å². The predicted molar refractivity (Wildman–Crippen MR) is 299 cm³/mol. The summed E-state index contributed by atoms with van der Waals surface area (Å²) in [6.45, 7) is 0. The monoisotopic (exact) mass is 900 g/mol. The molecule has 14 aromatic rings. The van der Waals surface area contributed by atoms with Crippen LogP contribution in [0.25, 0.3) is 130 Å². The summed E-state index contributed by atoms with van der Waals surface area (Å²) in [7, 11) is 0. The third kappa shape index (κ3) is 5.04. The molecule has 0 N–H and O–H groups in total. The highest BCUT2D eigenvalue weighted by molar-refractivity contribution is 7.25. The molecule has 0 radical (unpaired) electrons. The number of hydrogen-bond donors (Lipinski definition) is 0. The zero-order valence-electron chi connectivity index (χ0n) is 38.0. The fourth-order valence-electron chi connectivity index (χ4n) is 13.2. The van der Waals surface area contributed by atoms with Gasteiger partial charge in [-0.3, -0.25) is 0 Å².